The molecule has 0 spiro atoms. The highest BCUT2D eigenvalue weighted by Crippen LogP contribution is 2.25. The molecule has 2 rings (SSSR count). The van der Waals surface area contributed by atoms with E-state index in [-0.39, 0.29) is 12.5 Å². The van der Waals surface area contributed by atoms with Crippen LogP contribution in [0.25, 0.3) is 0 Å². The molecule has 0 bridgehead atoms. The van der Waals surface area contributed by atoms with Gasteiger partial charge in [0.05, 0.1) is 11.9 Å². The van der Waals surface area contributed by atoms with Crippen molar-refractivity contribution in [3.05, 3.63) is 59.7 Å². The standard InChI is InChI=1S/C18H22N2O3S/c1-14-9-8-12-17(15(14)2)20(24(4,22)23)13-18(21)19(3)16-10-6-5-7-11-16/h5-12H,13H2,1-4H3. The van der Waals surface area contributed by atoms with Gasteiger partial charge in [0.15, 0.2) is 0 Å². The molecule has 1 amide bonds. The summed E-state index contributed by atoms with van der Waals surface area (Å²) >= 11 is 0. The van der Waals surface area contributed by atoms with Crippen molar-refractivity contribution in [2.45, 2.75) is 13.8 Å². The first-order chi connectivity index (χ1) is 11.2. The van der Waals surface area contributed by atoms with Crippen LogP contribution in [0.15, 0.2) is 48.5 Å². The lowest BCUT2D eigenvalue weighted by Crippen LogP contribution is -2.41. The van der Waals surface area contributed by atoms with Gasteiger partial charge >= 0.3 is 0 Å². The molecule has 5 nitrogen and oxygen atoms in total. The van der Waals surface area contributed by atoms with Crippen molar-refractivity contribution in [3.63, 3.8) is 0 Å². The Hall–Kier alpha value is -2.34. The van der Waals surface area contributed by atoms with E-state index in [1.165, 1.54) is 4.90 Å². The Bertz CT molecular complexity index is 833. The zero-order valence-electron chi connectivity index (χ0n) is 14.4. The van der Waals surface area contributed by atoms with Gasteiger partial charge in [-0.2, -0.15) is 0 Å². The number of carbonyl (C=O) groups excluding carboxylic acids is 1. The second-order valence-electron chi connectivity index (χ2n) is 5.78. The van der Waals surface area contributed by atoms with Crippen molar-refractivity contribution in [2.75, 3.05) is 29.1 Å². The summed E-state index contributed by atoms with van der Waals surface area (Å²) in [5.41, 5.74) is 3.08. The molecule has 0 atom stereocenters. The molecule has 24 heavy (non-hydrogen) atoms. The van der Waals surface area contributed by atoms with Crippen molar-refractivity contribution < 1.29 is 13.2 Å². The smallest absolute Gasteiger partial charge is 0.247 e. The van der Waals surface area contributed by atoms with Crippen LogP contribution < -0.4 is 9.21 Å². The highest BCUT2D eigenvalue weighted by Gasteiger charge is 2.24. The predicted molar refractivity (Wildman–Crippen MR) is 98.0 cm³/mol. The van der Waals surface area contributed by atoms with E-state index in [0.717, 1.165) is 27.4 Å². The lowest BCUT2D eigenvalue weighted by molar-refractivity contribution is -0.116. The third-order valence-corrected chi connectivity index (χ3v) is 5.17. The van der Waals surface area contributed by atoms with Crippen molar-refractivity contribution in [3.8, 4) is 0 Å². The number of hydrogen-bond acceptors (Lipinski definition) is 3. The molecular formula is C18H22N2O3S. The predicted octanol–water partition coefficient (Wildman–Crippen LogP) is 2.73. The van der Waals surface area contributed by atoms with E-state index >= 15 is 0 Å². The molecule has 2 aromatic carbocycles. The SMILES string of the molecule is Cc1cccc(N(CC(=O)N(C)c2ccccc2)S(C)(=O)=O)c1C. The summed E-state index contributed by atoms with van der Waals surface area (Å²) in [5, 5.41) is 0. The molecule has 6 heteroatoms. The summed E-state index contributed by atoms with van der Waals surface area (Å²) in [4.78, 5) is 14.1. The topological polar surface area (TPSA) is 57.7 Å². The summed E-state index contributed by atoms with van der Waals surface area (Å²) in [6.07, 6.45) is 1.12. The second kappa shape index (κ2) is 7.05. The summed E-state index contributed by atoms with van der Waals surface area (Å²) in [7, 11) is -1.94. The molecule has 0 aromatic heterocycles. The van der Waals surface area contributed by atoms with Gasteiger partial charge in [-0.05, 0) is 43.2 Å². The number of rotatable bonds is 5. The van der Waals surface area contributed by atoms with Gasteiger partial charge in [0.1, 0.15) is 6.54 Å². The van der Waals surface area contributed by atoms with E-state index < -0.39 is 10.0 Å². The van der Waals surface area contributed by atoms with Crippen molar-refractivity contribution in [2.24, 2.45) is 0 Å². The minimum atomic E-state index is -3.58. The molecule has 0 N–H and O–H groups in total. The van der Waals surface area contributed by atoms with Gasteiger partial charge in [0, 0.05) is 12.7 Å². The lowest BCUT2D eigenvalue weighted by atomic mass is 10.1. The van der Waals surface area contributed by atoms with Crippen LogP contribution >= 0.6 is 0 Å². The molecule has 2 aromatic rings. The number of likely N-dealkylation sites (N-methyl/N-ethyl adjacent to an activating group) is 1. The Morgan fingerprint density at radius 1 is 1.00 bits per heavy atom. The Balaban J connectivity index is 2.34. The number of aryl methyl sites for hydroxylation is 1. The monoisotopic (exact) mass is 346 g/mol. The number of nitrogens with zero attached hydrogens (tertiary/aromatic N) is 2. The molecule has 0 aliphatic heterocycles. The van der Waals surface area contributed by atoms with Crippen molar-refractivity contribution >= 4 is 27.3 Å². The van der Waals surface area contributed by atoms with Gasteiger partial charge in [-0.25, -0.2) is 8.42 Å². The summed E-state index contributed by atoms with van der Waals surface area (Å²) in [6, 6.07) is 14.6. The first-order valence-corrected chi connectivity index (χ1v) is 9.42. The number of hydrogen-bond donors (Lipinski definition) is 0. The van der Waals surface area contributed by atoms with Crippen molar-refractivity contribution in [1.29, 1.82) is 0 Å². The Labute approximate surface area is 143 Å². The number of sulfonamides is 1. The van der Waals surface area contributed by atoms with Gasteiger partial charge in [0.25, 0.3) is 0 Å². The fourth-order valence-electron chi connectivity index (χ4n) is 2.41. The van der Waals surface area contributed by atoms with Crippen LogP contribution in [-0.4, -0.2) is 34.2 Å². The third kappa shape index (κ3) is 3.94. The van der Waals surface area contributed by atoms with E-state index in [2.05, 4.69) is 0 Å². The first-order valence-electron chi connectivity index (χ1n) is 7.57. The van der Waals surface area contributed by atoms with Crippen LogP contribution in [0.2, 0.25) is 0 Å². The number of carbonyl (C=O) groups is 1. The maximum absolute atomic E-state index is 12.6. The number of benzene rings is 2. The highest BCUT2D eigenvalue weighted by atomic mass is 32.2. The van der Waals surface area contributed by atoms with E-state index in [1.54, 1.807) is 31.3 Å². The second-order valence-corrected chi connectivity index (χ2v) is 7.68. The number of amides is 1. The third-order valence-electron chi connectivity index (χ3n) is 4.04. The van der Waals surface area contributed by atoms with E-state index in [0.29, 0.717) is 5.69 Å². The van der Waals surface area contributed by atoms with E-state index in [9.17, 15) is 13.2 Å². The van der Waals surface area contributed by atoms with Gasteiger partial charge < -0.3 is 4.90 Å². The highest BCUT2D eigenvalue weighted by molar-refractivity contribution is 7.92. The molecule has 0 saturated carbocycles. The van der Waals surface area contributed by atoms with Crippen molar-refractivity contribution in [1.82, 2.24) is 0 Å². The zero-order valence-corrected chi connectivity index (χ0v) is 15.2. The minimum absolute atomic E-state index is 0.242. The molecule has 0 heterocycles. The maximum Gasteiger partial charge on any atom is 0.247 e. The van der Waals surface area contributed by atoms with Gasteiger partial charge in [0.2, 0.25) is 15.9 Å². The fourth-order valence-corrected chi connectivity index (χ4v) is 3.31. The molecule has 0 fully saturated rings. The maximum atomic E-state index is 12.6. The van der Waals surface area contributed by atoms with Crippen LogP contribution in [0.4, 0.5) is 11.4 Å². The van der Waals surface area contributed by atoms with Gasteiger partial charge in [-0.15, -0.1) is 0 Å². The Morgan fingerprint density at radius 3 is 2.21 bits per heavy atom. The van der Waals surface area contributed by atoms with E-state index in [1.807, 2.05) is 38.1 Å². The number of para-hydroxylation sites is 1. The molecule has 0 radical (unpaired) electrons. The number of anilines is 2. The Kier molecular flexibility index (Phi) is 5.29. The van der Waals surface area contributed by atoms with Crippen LogP contribution in [0.5, 0.6) is 0 Å². The normalized spacial score (nSPS) is 11.2. The average molecular weight is 346 g/mol. The summed E-state index contributed by atoms with van der Waals surface area (Å²) in [5.74, 6) is -0.299. The summed E-state index contributed by atoms with van der Waals surface area (Å²) < 4.78 is 25.7. The largest absolute Gasteiger partial charge is 0.314 e. The molecule has 0 aliphatic carbocycles. The van der Waals surface area contributed by atoms with Gasteiger partial charge in [-0.1, -0.05) is 30.3 Å². The molecule has 128 valence electrons. The summed E-state index contributed by atoms with van der Waals surface area (Å²) in [6.45, 7) is 3.53. The minimum Gasteiger partial charge on any atom is -0.314 e. The molecular weight excluding hydrogens is 324 g/mol. The van der Waals surface area contributed by atoms with Crippen LogP contribution in [0, 0.1) is 13.8 Å². The quantitative estimate of drug-likeness (QED) is 0.836. The molecule has 0 aliphatic rings. The Morgan fingerprint density at radius 2 is 1.62 bits per heavy atom. The van der Waals surface area contributed by atoms with Crippen LogP contribution in [-0.2, 0) is 14.8 Å². The molecule has 0 saturated heterocycles. The van der Waals surface area contributed by atoms with E-state index in [4.69, 9.17) is 0 Å². The van der Waals surface area contributed by atoms with Crippen LogP contribution in [0.1, 0.15) is 11.1 Å². The molecule has 0 unspecified atom stereocenters. The fraction of sp³-hybridized carbons (Fsp3) is 0.278. The van der Waals surface area contributed by atoms with Crippen LogP contribution in [0.3, 0.4) is 0 Å². The lowest BCUT2D eigenvalue weighted by Gasteiger charge is -2.27. The first kappa shape index (κ1) is 18.0. The average Bonchev–Trinajstić information content (AvgIpc) is 2.54. The van der Waals surface area contributed by atoms with Gasteiger partial charge in [-0.3, -0.25) is 9.10 Å². The zero-order chi connectivity index (χ0) is 17.9.